The highest BCUT2D eigenvalue weighted by molar-refractivity contribution is 4.83. The zero-order valence-electron chi connectivity index (χ0n) is 6.89. The van der Waals surface area contributed by atoms with Crippen LogP contribution in [0, 0.1) is 0 Å². The molecule has 0 aromatic rings. The van der Waals surface area contributed by atoms with E-state index in [0.717, 1.165) is 0 Å². The minimum atomic E-state index is -3.11. The van der Waals surface area contributed by atoms with Gasteiger partial charge < -0.3 is 9.84 Å². The number of alkyl halides is 2. The molecule has 72 valence electrons. The third-order valence-electron chi connectivity index (χ3n) is 2.02. The molecule has 0 aromatic heterocycles. The number of aliphatic hydroxyl groups excluding tert-OH is 1. The fraction of sp³-hybridized carbons (Fsp3) is 1.00. The van der Waals surface area contributed by atoms with Gasteiger partial charge in [0.2, 0.25) is 0 Å². The van der Waals surface area contributed by atoms with Crippen LogP contribution in [0.25, 0.3) is 0 Å². The van der Waals surface area contributed by atoms with E-state index in [0.29, 0.717) is 12.8 Å². The summed E-state index contributed by atoms with van der Waals surface area (Å²) in [6, 6.07) is 0. The van der Waals surface area contributed by atoms with Crippen molar-refractivity contribution in [2.45, 2.75) is 31.1 Å². The quantitative estimate of drug-likeness (QED) is 0.659. The molecule has 1 aliphatic rings. The Morgan fingerprint density at radius 3 is 2.67 bits per heavy atom. The highest BCUT2D eigenvalue weighted by Crippen LogP contribution is 2.30. The maximum absolute atomic E-state index is 12.8. The molecule has 2 N–H and O–H groups in total. The Morgan fingerprint density at radius 2 is 2.25 bits per heavy atom. The average Bonchev–Trinajstić information content (AvgIpc) is 2.52. The summed E-state index contributed by atoms with van der Waals surface area (Å²) in [5, 5.41) is 11.1. The fourth-order valence-electron chi connectivity index (χ4n) is 1.26. The number of aliphatic hydroxyl groups is 1. The van der Waals surface area contributed by atoms with Gasteiger partial charge in [0, 0.05) is 0 Å². The van der Waals surface area contributed by atoms with Crippen molar-refractivity contribution >= 4 is 0 Å². The topological polar surface area (TPSA) is 41.5 Å². The fourth-order valence-corrected chi connectivity index (χ4v) is 1.26. The van der Waals surface area contributed by atoms with E-state index in [9.17, 15) is 8.78 Å². The van der Waals surface area contributed by atoms with E-state index >= 15 is 0 Å². The Labute approximate surface area is 69.7 Å². The Hall–Kier alpha value is -0.260. The van der Waals surface area contributed by atoms with Gasteiger partial charge in [0.25, 0.3) is 5.92 Å². The minimum Gasteiger partial charge on any atom is -0.390 e. The molecular formula is C7H13F2NO2. The molecule has 1 saturated heterocycles. The minimum absolute atomic E-state index is 0.291. The Kier molecular flexibility index (Phi) is 2.98. The van der Waals surface area contributed by atoms with E-state index in [-0.39, 0.29) is 6.23 Å². The maximum atomic E-state index is 12.8. The van der Waals surface area contributed by atoms with Crippen LogP contribution in [0.4, 0.5) is 8.78 Å². The van der Waals surface area contributed by atoms with Crippen molar-refractivity contribution in [1.29, 1.82) is 0 Å². The van der Waals surface area contributed by atoms with Crippen LogP contribution in [0.5, 0.6) is 0 Å². The first-order chi connectivity index (χ1) is 5.60. The van der Waals surface area contributed by atoms with Crippen LogP contribution in [0.15, 0.2) is 0 Å². The first-order valence-electron chi connectivity index (χ1n) is 3.91. The monoisotopic (exact) mass is 181 g/mol. The summed E-state index contributed by atoms with van der Waals surface area (Å²) in [5.74, 6) is -3.11. The van der Waals surface area contributed by atoms with Gasteiger partial charge in [-0.2, -0.15) is 0 Å². The van der Waals surface area contributed by atoms with Crippen LogP contribution in [0.3, 0.4) is 0 Å². The first kappa shape index (κ1) is 9.83. The molecule has 0 bridgehead atoms. The van der Waals surface area contributed by atoms with Crippen molar-refractivity contribution in [3.8, 4) is 0 Å². The molecule has 2 unspecified atom stereocenters. The number of nitrogens with one attached hydrogen (secondary N) is 1. The van der Waals surface area contributed by atoms with Crippen molar-refractivity contribution < 1.29 is 18.6 Å². The molecule has 0 spiro atoms. The van der Waals surface area contributed by atoms with Gasteiger partial charge in [-0.05, 0) is 19.9 Å². The normalized spacial score (nSPS) is 31.0. The molecule has 5 heteroatoms. The smallest absolute Gasteiger partial charge is 0.296 e. The van der Waals surface area contributed by atoms with E-state index in [4.69, 9.17) is 9.84 Å². The van der Waals surface area contributed by atoms with Crippen LogP contribution in [-0.2, 0) is 4.74 Å². The third-order valence-corrected chi connectivity index (χ3v) is 2.02. The Bertz CT molecular complexity index is 154. The zero-order valence-corrected chi connectivity index (χ0v) is 6.89. The van der Waals surface area contributed by atoms with Crippen molar-refractivity contribution in [2.75, 3.05) is 13.7 Å². The predicted molar refractivity (Wildman–Crippen MR) is 39.0 cm³/mol. The summed E-state index contributed by atoms with van der Waals surface area (Å²) in [7, 11) is 1.66. The van der Waals surface area contributed by atoms with E-state index in [1.54, 1.807) is 7.05 Å². The highest BCUT2D eigenvalue weighted by atomic mass is 19.3. The summed E-state index contributed by atoms with van der Waals surface area (Å²) in [4.78, 5) is 0. The van der Waals surface area contributed by atoms with Crippen molar-refractivity contribution in [3.05, 3.63) is 0 Å². The largest absolute Gasteiger partial charge is 0.390 e. The average molecular weight is 181 g/mol. The molecule has 1 rings (SSSR count). The Balaban J connectivity index is 2.46. The van der Waals surface area contributed by atoms with Crippen LogP contribution in [0.2, 0.25) is 0 Å². The number of ether oxygens (including phenoxy) is 1. The van der Waals surface area contributed by atoms with Crippen LogP contribution in [-0.4, -0.2) is 37.0 Å². The summed E-state index contributed by atoms with van der Waals surface area (Å²) in [6.45, 7) is -1.14. The molecule has 0 radical (unpaired) electrons. The van der Waals surface area contributed by atoms with Gasteiger partial charge in [0.05, 0.1) is 0 Å². The second-order valence-corrected chi connectivity index (χ2v) is 2.90. The van der Waals surface area contributed by atoms with Gasteiger partial charge in [-0.25, -0.2) is 8.78 Å². The van der Waals surface area contributed by atoms with Crippen molar-refractivity contribution in [3.63, 3.8) is 0 Å². The number of halogens is 2. The molecular weight excluding hydrogens is 168 g/mol. The van der Waals surface area contributed by atoms with E-state index in [1.165, 1.54) is 0 Å². The third kappa shape index (κ3) is 1.91. The second-order valence-electron chi connectivity index (χ2n) is 2.90. The lowest BCUT2D eigenvalue weighted by Crippen LogP contribution is -2.38. The van der Waals surface area contributed by atoms with Gasteiger partial charge in [-0.1, -0.05) is 0 Å². The van der Waals surface area contributed by atoms with Gasteiger partial charge in [-0.15, -0.1) is 0 Å². The van der Waals surface area contributed by atoms with E-state index < -0.39 is 18.6 Å². The molecule has 1 aliphatic heterocycles. The second kappa shape index (κ2) is 3.64. The lowest BCUT2D eigenvalue weighted by molar-refractivity contribution is -0.156. The van der Waals surface area contributed by atoms with E-state index in [1.807, 2.05) is 0 Å². The molecule has 0 aliphatic carbocycles. The summed E-state index contributed by atoms with van der Waals surface area (Å²) in [6.07, 6.45) is -0.581. The lowest BCUT2D eigenvalue weighted by Gasteiger charge is -2.21. The molecule has 2 atom stereocenters. The van der Waals surface area contributed by atoms with Gasteiger partial charge in [0.15, 0.2) is 0 Å². The number of hydrogen-bond acceptors (Lipinski definition) is 3. The zero-order chi connectivity index (χ0) is 9.19. The maximum Gasteiger partial charge on any atom is 0.296 e. The highest BCUT2D eigenvalue weighted by Gasteiger charge is 2.44. The summed E-state index contributed by atoms with van der Waals surface area (Å²) >= 11 is 0. The standard InChI is InChI=1S/C7H13F2NO2/c1-10-6-3-2-5(12-6)7(8,9)4-11/h5-6,10-11H,2-4H2,1H3. The number of hydrogen-bond donors (Lipinski definition) is 2. The van der Waals surface area contributed by atoms with Crippen molar-refractivity contribution in [1.82, 2.24) is 5.32 Å². The molecule has 1 heterocycles. The molecule has 1 fully saturated rings. The SMILES string of the molecule is CNC1CCC(C(F)(F)CO)O1. The first-order valence-corrected chi connectivity index (χ1v) is 3.91. The molecule has 3 nitrogen and oxygen atoms in total. The van der Waals surface area contributed by atoms with Crippen molar-refractivity contribution in [2.24, 2.45) is 0 Å². The number of rotatable bonds is 3. The molecule has 0 saturated carbocycles. The predicted octanol–water partition coefficient (Wildman–Crippen LogP) is 0.338. The van der Waals surface area contributed by atoms with Gasteiger partial charge in [-0.3, -0.25) is 5.32 Å². The molecule has 0 aromatic carbocycles. The summed E-state index contributed by atoms with van der Waals surface area (Å²) < 4.78 is 30.5. The van der Waals surface area contributed by atoms with Crippen LogP contribution >= 0.6 is 0 Å². The summed E-state index contributed by atoms with van der Waals surface area (Å²) in [5.41, 5.74) is 0. The van der Waals surface area contributed by atoms with Crippen LogP contribution in [0.1, 0.15) is 12.8 Å². The van der Waals surface area contributed by atoms with E-state index in [2.05, 4.69) is 5.32 Å². The molecule has 12 heavy (non-hydrogen) atoms. The van der Waals surface area contributed by atoms with Crippen LogP contribution < -0.4 is 5.32 Å². The van der Waals surface area contributed by atoms with Gasteiger partial charge >= 0.3 is 0 Å². The lowest BCUT2D eigenvalue weighted by atomic mass is 10.1. The van der Waals surface area contributed by atoms with Gasteiger partial charge in [0.1, 0.15) is 18.9 Å². The molecule has 0 amide bonds. The Morgan fingerprint density at radius 1 is 1.58 bits per heavy atom.